The van der Waals surface area contributed by atoms with E-state index in [1.807, 2.05) is 0 Å². The van der Waals surface area contributed by atoms with Gasteiger partial charge in [0.2, 0.25) is 0 Å². The van der Waals surface area contributed by atoms with Crippen LogP contribution < -0.4 is 14.4 Å². The molecule has 9 nitrogen and oxygen atoms in total. The number of hydrogen-bond acceptors (Lipinski definition) is 6. The van der Waals surface area contributed by atoms with Crippen LogP contribution in [0.2, 0.25) is 0 Å². The lowest BCUT2D eigenvalue weighted by Gasteiger charge is -2.28. The summed E-state index contributed by atoms with van der Waals surface area (Å²) in [6, 6.07) is 13.5. The molecule has 1 fully saturated rings. The molecule has 3 amide bonds. The van der Waals surface area contributed by atoms with Crippen molar-refractivity contribution in [3.63, 3.8) is 0 Å². The second kappa shape index (κ2) is 8.56. The molecule has 1 aliphatic rings. The summed E-state index contributed by atoms with van der Waals surface area (Å²) in [7, 11) is -2.53. The minimum absolute atomic E-state index is 0.0501. The summed E-state index contributed by atoms with van der Waals surface area (Å²) in [6.45, 7) is 2.42. The monoisotopic (exact) mass is 447 g/mol. The Kier molecular flexibility index (Phi) is 6.23. The van der Waals surface area contributed by atoms with Crippen LogP contribution in [-0.2, 0) is 14.8 Å². The fourth-order valence-electron chi connectivity index (χ4n) is 3.25. The number of rotatable bonds is 8. The van der Waals surface area contributed by atoms with E-state index in [1.54, 1.807) is 56.3 Å². The molecule has 1 atom stereocenters. The molecular weight excluding hydrogens is 422 g/mol. The Morgan fingerprint density at radius 1 is 1.10 bits per heavy atom. The number of nitrogens with one attached hydrogen (secondary N) is 1. The van der Waals surface area contributed by atoms with Gasteiger partial charge in [0.25, 0.3) is 15.9 Å². The Morgan fingerprint density at radius 3 is 2.23 bits per heavy atom. The summed E-state index contributed by atoms with van der Waals surface area (Å²) in [5.74, 6) is 0.0568. The van der Waals surface area contributed by atoms with Crippen LogP contribution in [0.4, 0.5) is 10.5 Å². The number of aliphatic hydroxyl groups is 1. The first-order valence-electron chi connectivity index (χ1n) is 9.60. The van der Waals surface area contributed by atoms with Gasteiger partial charge in [-0.2, -0.15) is 0 Å². The highest BCUT2D eigenvalue weighted by molar-refractivity contribution is 7.92. The van der Waals surface area contributed by atoms with Crippen LogP contribution in [0.5, 0.6) is 5.75 Å². The van der Waals surface area contributed by atoms with Crippen molar-refractivity contribution in [1.29, 1.82) is 0 Å². The molecule has 0 saturated carbocycles. The number of sulfonamides is 1. The fraction of sp³-hybridized carbons (Fsp3) is 0.333. The van der Waals surface area contributed by atoms with Gasteiger partial charge in [-0.25, -0.2) is 13.2 Å². The van der Waals surface area contributed by atoms with Crippen LogP contribution in [0.1, 0.15) is 13.8 Å². The molecule has 0 unspecified atom stereocenters. The first kappa shape index (κ1) is 22.6. The van der Waals surface area contributed by atoms with Crippen molar-refractivity contribution in [2.45, 2.75) is 30.4 Å². The van der Waals surface area contributed by atoms with Crippen LogP contribution in [0, 0.1) is 0 Å². The summed E-state index contributed by atoms with van der Waals surface area (Å²) >= 11 is 0. The van der Waals surface area contributed by atoms with E-state index >= 15 is 0 Å². The number of ether oxygens (including phenoxy) is 1. The highest BCUT2D eigenvalue weighted by Crippen LogP contribution is 2.26. The fourth-order valence-corrected chi connectivity index (χ4v) is 4.78. The van der Waals surface area contributed by atoms with Crippen LogP contribution in [-0.4, -0.2) is 62.2 Å². The van der Waals surface area contributed by atoms with Crippen molar-refractivity contribution >= 4 is 27.6 Å². The number of anilines is 1. The zero-order valence-corrected chi connectivity index (χ0v) is 18.3. The van der Waals surface area contributed by atoms with E-state index in [0.29, 0.717) is 11.4 Å². The van der Waals surface area contributed by atoms with Gasteiger partial charge in [0.05, 0.1) is 36.9 Å². The number of urea groups is 1. The summed E-state index contributed by atoms with van der Waals surface area (Å²) < 4.78 is 32.8. The number of amides is 3. The minimum Gasteiger partial charge on any atom is -0.497 e. The number of nitrogens with zero attached hydrogens (tertiary/aromatic N) is 2. The first-order valence-corrected chi connectivity index (χ1v) is 11.0. The van der Waals surface area contributed by atoms with Crippen molar-refractivity contribution in [1.82, 2.24) is 10.2 Å². The molecule has 0 radical (unpaired) electrons. The first-order chi connectivity index (χ1) is 14.6. The van der Waals surface area contributed by atoms with E-state index in [0.717, 1.165) is 9.21 Å². The number of benzene rings is 2. The lowest BCUT2D eigenvalue weighted by molar-refractivity contribution is -0.131. The Balaban J connectivity index is 1.89. The quantitative estimate of drug-likeness (QED) is 0.594. The maximum absolute atomic E-state index is 13.3. The minimum atomic E-state index is -4.02. The SMILES string of the molecule is COc1ccc(N(C[C@H](O)CN2C(=O)NC(C)(C)C2=O)S(=O)(=O)c2ccccc2)cc1. The van der Waals surface area contributed by atoms with Gasteiger partial charge < -0.3 is 15.2 Å². The largest absolute Gasteiger partial charge is 0.497 e. The average Bonchev–Trinajstić information content (AvgIpc) is 2.94. The topological polar surface area (TPSA) is 116 Å². The molecule has 2 aromatic rings. The normalized spacial score (nSPS) is 16.7. The van der Waals surface area contributed by atoms with Gasteiger partial charge in [-0.3, -0.25) is 14.0 Å². The predicted octanol–water partition coefficient (Wildman–Crippen LogP) is 1.58. The maximum Gasteiger partial charge on any atom is 0.325 e. The molecule has 166 valence electrons. The summed E-state index contributed by atoms with van der Waals surface area (Å²) in [4.78, 5) is 25.5. The van der Waals surface area contributed by atoms with Gasteiger partial charge in [-0.1, -0.05) is 18.2 Å². The molecule has 1 heterocycles. The van der Waals surface area contributed by atoms with E-state index < -0.39 is 33.6 Å². The zero-order chi connectivity index (χ0) is 22.8. The smallest absolute Gasteiger partial charge is 0.325 e. The number of methoxy groups -OCH3 is 1. The predicted molar refractivity (Wildman–Crippen MR) is 114 cm³/mol. The highest BCUT2D eigenvalue weighted by Gasteiger charge is 2.45. The molecule has 3 rings (SSSR count). The molecule has 2 N–H and O–H groups in total. The molecule has 0 aliphatic carbocycles. The van der Waals surface area contributed by atoms with Gasteiger partial charge in [0, 0.05) is 0 Å². The van der Waals surface area contributed by atoms with Crippen LogP contribution in [0.15, 0.2) is 59.5 Å². The highest BCUT2D eigenvalue weighted by atomic mass is 32.2. The summed E-state index contributed by atoms with van der Waals surface area (Å²) in [5.41, 5.74) is -0.774. The number of aliphatic hydroxyl groups excluding tert-OH is 1. The molecule has 10 heteroatoms. The van der Waals surface area contributed by atoms with Crippen molar-refractivity contribution in [2.75, 3.05) is 24.5 Å². The van der Waals surface area contributed by atoms with Crippen molar-refractivity contribution in [3.05, 3.63) is 54.6 Å². The lowest BCUT2D eigenvalue weighted by atomic mass is 10.1. The summed E-state index contributed by atoms with van der Waals surface area (Å²) in [5, 5.41) is 13.2. The number of carbonyl (C=O) groups excluding carboxylic acids is 2. The Hall–Kier alpha value is -3.11. The third-order valence-corrected chi connectivity index (χ3v) is 6.71. The van der Waals surface area contributed by atoms with E-state index in [1.165, 1.54) is 19.2 Å². The van der Waals surface area contributed by atoms with E-state index in [-0.39, 0.29) is 18.0 Å². The molecule has 0 spiro atoms. The van der Waals surface area contributed by atoms with Crippen molar-refractivity contribution < 1.29 is 27.9 Å². The van der Waals surface area contributed by atoms with Gasteiger partial charge >= 0.3 is 6.03 Å². The molecule has 1 aliphatic heterocycles. The number of imide groups is 1. The van der Waals surface area contributed by atoms with Crippen LogP contribution in [0.3, 0.4) is 0 Å². The zero-order valence-electron chi connectivity index (χ0n) is 17.5. The Labute approximate surface area is 181 Å². The third-order valence-electron chi connectivity index (χ3n) is 4.91. The second-order valence-electron chi connectivity index (χ2n) is 7.67. The van der Waals surface area contributed by atoms with Gasteiger partial charge in [0.1, 0.15) is 11.3 Å². The molecule has 1 saturated heterocycles. The number of β-amino-alcohol motifs (C(OH)–C–C–N with tert-alkyl or cyclic N) is 1. The van der Waals surface area contributed by atoms with Gasteiger partial charge in [0.15, 0.2) is 0 Å². The number of carbonyl (C=O) groups is 2. The lowest BCUT2D eigenvalue weighted by Crippen LogP contribution is -2.45. The molecule has 2 aromatic carbocycles. The Bertz CT molecular complexity index is 1050. The van der Waals surface area contributed by atoms with Crippen molar-refractivity contribution in [3.8, 4) is 5.75 Å². The number of hydrogen-bond donors (Lipinski definition) is 2. The van der Waals surface area contributed by atoms with E-state index in [4.69, 9.17) is 4.74 Å². The molecule has 0 bridgehead atoms. The second-order valence-corrected chi connectivity index (χ2v) is 9.53. The molecule has 0 aromatic heterocycles. The molecule has 31 heavy (non-hydrogen) atoms. The third kappa shape index (κ3) is 4.64. The Morgan fingerprint density at radius 2 is 1.71 bits per heavy atom. The average molecular weight is 448 g/mol. The van der Waals surface area contributed by atoms with Crippen LogP contribution in [0.25, 0.3) is 0 Å². The van der Waals surface area contributed by atoms with Gasteiger partial charge in [-0.05, 0) is 50.2 Å². The standard InChI is InChI=1S/C21H25N3O6S/c1-21(2)19(26)23(20(27)22-21)13-16(25)14-24(15-9-11-17(30-3)12-10-15)31(28,29)18-7-5-4-6-8-18/h4-12,16,25H,13-14H2,1-3H3,(H,22,27)/t16-/m1/s1. The van der Waals surface area contributed by atoms with Crippen LogP contribution >= 0.6 is 0 Å². The van der Waals surface area contributed by atoms with Crippen molar-refractivity contribution in [2.24, 2.45) is 0 Å². The van der Waals surface area contributed by atoms with E-state index in [2.05, 4.69) is 5.32 Å². The molecular formula is C21H25N3O6S. The van der Waals surface area contributed by atoms with Gasteiger partial charge in [-0.15, -0.1) is 0 Å². The maximum atomic E-state index is 13.3. The summed E-state index contributed by atoms with van der Waals surface area (Å²) in [6.07, 6.45) is -1.32. The van der Waals surface area contributed by atoms with E-state index in [9.17, 15) is 23.1 Å².